The molecule has 0 radical (unpaired) electrons. The Labute approximate surface area is 150 Å². The highest BCUT2D eigenvalue weighted by Crippen LogP contribution is 2.25. The Bertz CT molecular complexity index is 863. The summed E-state index contributed by atoms with van der Waals surface area (Å²) in [4.78, 5) is 24.2. The van der Waals surface area contributed by atoms with Crippen molar-refractivity contribution in [2.24, 2.45) is 0 Å². The zero-order valence-corrected chi connectivity index (χ0v) is 14.3. The fourth-order valence-corrected chi connectivity index (χ4v) is 2.46. The summed E-state index contributed by atoms with van der Waals surface area (Å²) < 4.78 is 29.3. The first-order valence-electron chi connectivity index (χ1n) is 7.99. The molecule has 134 valence electrons. The molecule has 3 rings (SSSR count). The molecule has 26 heavy (non-hydrogen) atoms. The Morgan fingerprint density at radius 2 is 1.62 bits per heavy atom. The van der Waals surface area contributed by atoms with Crippen LogP contribution in [-0.2, 0) is 25.7 Å². The summed E-state index contributed by atoms with van der Waals surface area (Å²) in [6, 6.07) is 13.1. The van der Waals surface area contributed by atoms with Crippen LogP contribution in [0.4, 0.5) is 4.39 Å². The van der Waals surface area contributed by atoms with Gasteiger partial charge in [0.15, 0.2) is 11.6 Å². The smallest absolute Gasteiger partial charge is 0.348 e. The Balaban J connectivity index is 1.84. The summed E-state index contributed by atoms with van der Waals surface area (Å²) in [7, 11) is 0. The van der Waals surface area contributed by atoms with E-state index in [0.717, 1.165) is 0 Å². The number of para-hydroxylation sites is 1. The molecular weight excluding hydrogens is 339 g/mol. The normalized spacial score (nSPS) is 15.9. The predicted molar refractivity (Wildman–Crippen MR) is 91.4 cm³/mol. The van der Waals surface area contributed by atoms with Gasteiger partial charge in [0.1, 0.15) is 12.2 Å². The van der Waals surface area contributed by atoms with Gasteiger partial charge in [-0.15, -0.1) is 0 Å². The molecule has 0 N–H and O–H groups in total. The van der Waals surface area contributed by atoms with E-state index in [1.807, 2.05) is 0 Å². The molecule has 0 aliphatic carbocycles. The largest absolute Gasteiger partial charge is 0.486 e. The van der Waals surface area contributed by atoms with E-state index >= 15 is 0 Å². The lowest BCUT2D eigenvalue weighted by atomic mass is 10.0. The Kier molecular flexibility index (Phi) is 4.75. The summed E-state index contributed by atoms with van der Waals surface area (Å²) in [5, 5.41) is 0. The SMILES string of the molecule is CC1(C)OC(=O)C(=Cc2ccccc2COc2ccccc2F)C(=O)O1. The van der Waals surface area contributed by atoms with E-state index in [1.165, 1.54) is 32.1 Å². The van der Waals surface area contributed by atoms with Gasteiger partial charge in [-0.25, -0.2) is 14.0 Å². The van der Waals surface area contributed by atoms with Crippen LogP contribution in [0, 0.1) is 5.82 Å². The highest BCUT2D eigenvalue weighted by atomic mass is 19.1. The van der Waals surface area contributed by atoms with Crippen LogP contribution in [-0.4, -0.2) is 17.7 Å². The average Bonchev–Trinajstić information content (AvgIpc) is 2.57. The van der Waals surface area contributed by atoms with Gasteiger partial charge in [0.25, 0.3) is 5.79 Å². The molecule has 0 spiro atoms. The Morgan fingerprint density at radius 3 is 2.31 bits per heavy atom. The van der Waals surface area contributed by atoms with Gasteiger partial charge < -0.3 is 14.2 Å². The highest BCUT2D eigenvalue weighted by Gasteiger charge is 2.38. The van der Waals surface area contributed by atoms with Gasteiger partial charge in [-0.05, 0) is 29.3 Å². The first-order chi connectivity index (χ1) is 12.4. The molecule has 5 nitrogen and oxygen atoms in total. The van der Waals surface area contributed by atoms with Crippen LogP contribution in [0.5, 0.6) is 5.75 Å². The van der Waals surface area contributed by atoms with Crippen molar-refractivity contribution in [1.29, 1.82) is 0 Å². The maximum Gasteiger partial charge on any atom is 0.348 e. The number of rotatable bonds is 4. The number of benzene rings is 2. The number of carbonyl (C=O) groups is 2. The molecule has 2 aromatic rings. The van der Waals surface area contributed by atoms with Crippen molar-refractivity contribution in [1.82, 2.24) is 0 Å². The summed E-state index contributed by atoms with van der Waals surface area (Å²) in [6.07, 6.45) is 1.39. The fourth-order valence-electron chi connectivity index (χ4n) is 2.46. The maximum absolute atomic E-state index is 13.7. The molecule has 1 aliphatic heterocycles. The molecule has 0 aromatic heterocycles. The topological polar surface area (TPSA) is 61.8 Å². The Hall–Kier alpha value is -3.15. The molecule has 1 fully saturated rings. The summed E-state index contributed by atoms with van der Waals surface area (Å²) in [5.74, 6) is -3.15. The van der Waals surface area contributed by atoms with E-state index in [2.05, 4.69) is 0 Å². The molecule has 0 unspecified atom stereocenters. The predicted octanol–water partition coefficient (Wildman–Crippen LogP) is 3.62. The van der Waals surface area contributed by atoms with Crippen molar-refractivity contribution >= 4 is 18.0 Å². The lowest BCUT2D eigenvalue weighted by Crippen LogP contribution is -2.41. The second-order valence-corrected chi connectivity index (χ2v) is 6.15. The van der Waals surface area contributed by atoms with Crippen LogP contribution in [0.15, 0.2) is 54.1 Å². The number of ether oxygens (including phenoxy) is 3. The molecule has 1 heterocycles. The minimum absolute atomic E-state index is 0.0659. The molecule has 0 atom stereocenters. The van der Waals surface area contributed by atoms with Crippen LogP contribution in [0.2, 0.25) is 0 Å². The van der Waals surface area contributed by atoms with Gasteiger partial charge in [0.2, 0.25) is 0 Å². The van der Waals surface area contributed by atoms with Crippen LogP contribution in [0.25, 0.3) is 6.08 Å². The lowest BCUT2D eigenvalue weighted by molar-refractivity contribution is -0.222. The van der Waals surface area contributed by atoms with Gasteiger partial charge in [-0.1, -0.05) is 36.4 Å². The molecule has 0 saturated carbocycles. The van der Waals surface area contributed by atoms with Gasteiger partial charge in [0.05, 0.1) is 0 Å². The third-order valence-corrected chi connectivity index (χ3v) is 3.69. The van der Waals surface area contributed by atoms with E-state index in [1.54, 1.807) is 36.4 Å². The van der Waals surface area contributed by atoms with Crippen molar-refractivity contribution in [2.75, 3.05) is 0 Å². The maximum atomic E-state index is 13.7. The second-order valence-electron chi connectivity index (χ2n) is 6.15. The van der Waals surface area contributed by atoms with Gasteiger partial charge in [-0.3, -0.25) is 0 Å². The monoisotopic (exact) mass is 356 g/mol. The van der Waals surface area contributed by atoms with Crippen molar-refractivity contribution in [3.8, 4) is 5.75 Å². The molecule has 1 saturated heterocycles. The lowest BCUT2D eigenvalue weighted by Gasteiger charge is -2.29. The number of esters is 2. The minimum atomic E-state index is -1.29. The summed E-state index contributed by atoms with van der Waals surface area (Å²) in [5.41, 5.74) is 1.05. The van der Waals surface area contributed by atoms with Crippen molar-refractivity contribution < 1.29 is 28.2 Å². The van der Waals surface area contributed by atoms with E-state index in [4.69, 9.17) is 14.2 Å². The molecule has 0 amide bonds. The van der Waals surface area contributed by atoms with Gasteiger partial charge in [0, 0.05) is 13.8 Å². The molecular formula is C20H17FO5. The van der Waals surface area contributed by atoms with Gasteiger partial charge in [-0.2, -0.15) is 0 Å². The standard InChI is InChI=1S/C20H17FO5/c1-20(2)25-18(22)15(19(23)26-20)11-13-7-3-4-8-14(13)12-24-17-10-6-5-9-16(17)21/h3-11H,12H2,1-2H3. The van der Waals surface area contributed by atoms with Crippen molar-refractivity contribution in [3.63, 3.8) is 0 Å². The van der Waals surface area contributed by atoms with Crippen LogP contribution >= 0.6 is 0 Å². The molecule has 0 bridgehead atoms. The summed E-state index contributed by atoms with van der Waals surface area (Å²) >= 11 is 0. The van der Waals surface area contributed by atoms with E-state index < -0.39 is 23.5 Å². The van der Waals surface area contributed by atoms with Crippen molar-refractivity contribution in [3.05, 3.63) is 71.0 Å². The first-order valence-corrected chi connectivity index (χ1v) is 7.99. The van der Waals surface area contributed by atoms with Crippen LogP contribution in [0.3, 0.4) is 0 Å². The second kappa shape index (κ2) is 7.00. The molecule has 1 aliphatic rings. The zero-order valence-electron chi connectivity index (χ0n) is 14.3. The number of halogens is 1. The van der Waals surface area contributed by atoms with Gasteiger partial charge >= 0.3 is 11.9 Å². The average molecular weight is 356 g/mol. The van der Waals surface area contributed by atoms with E-state index in [9.17, 15) is 14.0 Å². The van der Waals surface area contributed by atoms with E-state index in [-0.39, 0.29) is 17.9 Å². The molecule has 2 aromatic carbocycles. The van der Waals surface area contributed by atoms with Crippen molar-refractivity contribution in [2.45, 2.75) is 26.2 Å². The quantitative estimate of drug-likeness (QED) is 0.476. The Morgan fingerprint density at radius 1 is 1.00 bits per heavy atom. The summed E-state index contributed by atoms with van der Waals surface area (Å²) in [6.45, 7) is 3.03. The number of carbonyl (C=O) groups excluding carboxylic acids is 2. The highest BCUT2D eigenvalue weighted by molar-refractivity contribution is 6.18. The third kappa shape index (κ3) is 3.91. The van der Waals surface area contributed by atoms with Crippen LogP contribution in [0.1, 0.15) is 25.0 Å². The number of hydrogen-bond acceptors (Lipinski definition) is 5. The van der Waals surface area contributed by atoms with E-state index in [0.29, 0.717) is 11.1 Å². The third-order valence-electron chi connectivity index (χ3n) is 3.69. The number of hydrogen-bond donors (Lipinski definition) is 0. The molecule has 6 heteroatoms. The van der Waals surface area contributed by atoms with Crippen LogP contribution < -0.4 is 4.74 Å². The first kappa shape index (κ1) is 17.7. The number of cyclic esters (lactones) is 2. The zero-order chi connectivity index (χ0) is 18.7. The minimum Gasteiger partial charge on any atom is -0.486 e. The fraction of sp³-hybridized carbons (Fsp3) is 0.200.